The van der Waals surface area contributed by atoms with Gasteiger partial charge in [0.1, 0.15) is 18.7 Å². The van der Waals surface area contributed by atoms with Crippen molar-refractivity contribution in [1.82, 2.24) is 14.9 Å². The molecule has 0 amide bonds. The number of carbonyl (C=O) groups is 2. The highest BCUT2D eigenvalue weighted by molar-refractivity contribution is 5.94. The summed E-state index contributed by atoms with van der Waals surface area (Å²) >= 11 is 0. The Labute approximate surface area is 187 Å². The maximum Gasteiger partial charge on any atom is 0.338 e. The van der Waals surface area contributed by atoms with E-state index in [9.17, 15) is 9.59 Å². The Morgan fingerprint density at radius 3 is 2.81 bits per heavy atom. The van der Waals surface area contributed by atoms with Crippen LogP contribution in [-0.4, -0.2) is 67.3 Å². The summed E-state index contributed by atoms with van der Waals surface area (Å²) in [4.78, 5) is 30.7. The quantitative estimate of drug-likeness (QED) is 0.429. The van der Waals surface area contributed by atoms with Gasteiger partial charge in [0.2, 0.25) is 0 Å². The number of rotatable bonds is 8. The van der Waals surface area contributed by atoms with Crippen molar-refractivity contribution in [2.45, 2.75) is 19.4 Å². The number of hydrogen-bond donors (Lipinski definition) is 1. The second-order valence-electron chi connectivity index (χ2n) is 7.92. The number of carbonyl (C=O) groups excluding carboxylic acids is 2. The van der Waals surface area contributed by atoms with E-state index in [-0.39, 0.29) is 18.4 Å². The van der Waals surface area contributed by atoms with E-state index in [1.807, 2.05) is 22.8 Å². The first-order chi connectivity index (χ1) is 15.6. The van der Waals surface area contributed by atoms with Gasteiger partial charge in [-0.1, -0.05) is 6.07 Å². The van der Waals surface area contributed by atoms with Crippen LogP contribution >= 0.6 is 0 Å². The molecule has 1 fully saturated rings. The number of nitrogens with zero attached hydrogens (tertiary/aromatic N) is 3. The molecule has 1 aliphatic heterocycles. The topological polar surface area (TPSA) is 85.7 Å². The summed E-state index contributed by atoms with van der Waals surface area (Å²) in [6.07, 6.45) is 2.28. The maximum absolute atomic E-state index is 12.2. The number of esters is 1. The van der Waals surface area contributed by atoms with Gasteiger partial charge in [0.05, 0.1) is 23.2 Å². The van der Waals surface area contributed by atoms with Crippen molar-refractivity contribution in [1.29, 1.82) is 0 Å². The molecular formula is C24H28N4O4. The molecule has 1 aromatic heterocycles. The molecule has 1 aliphatic rings. The van der Waals surface area contributed by atoms with Crippen molar-refractivity contribution in [2.24, 2.45) is 0 Å². The molecule has 0 spiro atoms. The molecule has 168 valence electrons. The molecule has 0 radical (unpaired) electrons. The van der Waals surface area contributed by atoms with E-state index in [0.29, 0.717) is 24.1 Å². The molecule has 3 aromatic rings. The number of ketones is 1. The molecule has 4 rings (SSSR count). The van der Waals surface area contributed by atoms with Gasteiger partial charge in [0.25, 0.3) is 0 Å². The monoisotopic (exact) mass is 436 g/mol. The van der Waals surface area contributed by atoms with E-state index in [0.717, 1.165) is 36.5 Å². The molecule has 0 bridgehead atoms. The Bertz CT molecular complexity index is 1110. The molecule has 1 N–H and O–H groups in total. The number of aromatic nitrogens is 2. The van der Waals surface area contributed by atoms with Crippen molar-refractivity contribution in [3.8, 4) is 5.69 Å². The zero-order valence-electron chi connectivity index (χ0n) is 18.4. The Morgan fingerprint density at radius 2 is 2.00 bits per heavy atom. The predicted molar refractivity (Wildman–Crippen MR) is 123 cm³/mol. The van der Waals surface area contributed by atoms with Crippen LogP contribution in [-0.2, 0) is 14.3 Å². The smallest absolute Gasteiger partial charge is 0.338 e. The molecule has 2 heterocycles. The highest BCUT2D eigenvalue weighted by Crippen LogP contribution is 2.26. The van der Waals surface area contributed by atoms with Crippen LogP contribution in [0, 0.1) is 0 Å². The lowest BCUT2D eigenvalue weighted by Gasteiger charge is -2.37. The molecule has 1 saturated heterocycles. The number of fused-ring (bicyclic) bond motifs is 1. The normalized spacial score (nSPS) is 16.3. The standard InChI is InChI=1S/C24H28N4O4/c1-17(29)12-21-15-25-8-9-27(21)19-4-3-5-20(14-19)28-16-26-22-13-18(6-7-23(22)28)24(30)32-11-10-31-2/h3-7,13-14,16,21,25H,8-12,15H2,1-2H3. The Kier molecular flexibility index (Phi) is 6.82. The predicted octanol–water partition coefficient (Wildman–Crippen LogP) is 2.59. The third-order valence-corrected chi connectivity index (χ3v) is 5.62. The highest BCUT2D eigenvalue weighted by Gasteiger charge is 2.24. The Balaban J connectivity index is 1.59. The number of nitrogens with one attached hydrogen (secondary N) is 1. The first-order valence-electron chi connectivity index (χ1n) is 10.8. The van der Waals surface area contributed by atoms with Crippen molar-refractivity contribution in [3.63, 3.8) is 0 Å². The van der Waals surface area contributed by atoms with Crippen LogP contribution in [0.1, 0.15) is 23.7 Å². The zero-order chi connectivity index (χ0) is 22.5. The lowest BCUT2D eigenvalue weighted by atomic mass is 10.1. The molecule has 1 unspecified atom stereocenters. The van der Waals surface area contributed by atoms with Crippen LogP contribution in [0.4, 0.5) is 5.69 Å². The number of ether oxygens (including phenoxy) is 2. The number of benzene rings is 2. The summed E-state index contributed by atoms with van der Waals surface area (Å²) in [5, 5.41) is 3.38. The van der Waals surface area contributed by atoms with Gasteiger partial charge < -0.3 is 19.7 Å². The molecule has 1 atom stereocenters. The van der Waals surface area contributed by atoms with Gasteiger partial charge in [0.15, 0.2) is 0 Å². The van der Waals surface area contributed by atoms with Crippen LogP contribution in [0.25, 0.3) is 16.7 Å². The zero-order valence-corrected chi connectivity index (χ0v) is 18.4. The fourth-order valence-corrected chi connectivity index (χ4v) is 4.08. The average Bonchev–Trinajstić information content (AvgIpc) is 3.22. The number of Topliss-reactive ketones (excluding diaryl/α,β-unsaturated/α-hetero) is 1. The molecular weight excluding hydrogens is 408 g/mol. The summed E-state index contributed by atoms with van der Waals surface area (Å²) < 4.78 is 12.1. The fourth-order valence-electron chi connectivity index (χ4n) is 4.08. The van der Waals surface area contributed by atoms with E-state index in [2.05, 4.69) is 27.3 Å². The van der Waals surface area contributed by atoms with Gasteiger partial charge in [-0.3, -0.25) is 9.36 Å². The van der Waals surface area contributed by atoms with Gasteiger partial charge in [-0.05, 0) is 43.3 Å². The lowest BCUT2D eigenvalue weighted by Crippen LogP contribution is -2.52. The van der Waals surface area contributed by atoms with Crippen molar-refractivity contribution >= 4 is 28.5 Å². The van der Waals surface area contributed by atoms with Gasteiger partial charge in [0, 0.05) is 50.6 Å². The van der Waals surface area contributed by atoms with Gasteiger partial charge in [-0.25, -0.2) is 9.78 Å². The molecule has 8 nitrogen and oxygen atoms in total. The third kappa shape index (κ3) is 4.81. The fraction of sp³-hybridized carbons (Fsp3) is 0.375. The van der Waals surface area contributed by atoms with Crippen molar-refractivity contribution < 1.29 is 19.1 Å². The Morgan fingerprint density at radius 1 is 1.16 bits per heavy atom. The van der Waals surface area contributed by atoms with Gasteiger partial charge >= 0.3 is 5.97 Å². The maximum atomic E-state index is 12.2. The van der Waals surface area contributed by atoms with Gasteiger partial charge in [-0.15, -0.1) is 0 Å². The van der Waals surface area contributed by atoms with Crippen LogP contribution in [0.2, 0.25) is 0 Å². The van der Waals surface area contributed by atoms with Crippen LogP contribution in [0.15, 0.2) is 48.8 Å². The summed E-state index contributed by atoms with van der Waals surface area (Å²) in [7, 11) is 1.56. The van der Waals surface area contributed by atoms with Crippen molar-refractivity contribution in [2.75, 3.05) is 44.9 Å². The minimum atomic E-state index is -0.393. The summed E-state index contributed by atoms with van der Waals surface area (Å²) in [6.45, 7) is 4.74. The summed E-state index contributed by atoms with van der Waals surface area (Å²) in [6, 6.07) is 13.8. The van der Waals surface area contributed by atoms with E-state index in [4.69, 9.17) is 9.47 Å². The van der Waals surface area contributed by atoms with E-state index in [1.165, 1.54) is 0 Å². The number of piperazine rings is 1. The molecule has 32 heavy (non-hydrogen) atoms. The SMILES string of the molecule is COCCOC(=O)c1ccc2c(c1)ncn2-c1cccc(N2CCNCC2CC(C)=O)c1. The number of imidazole rings is 1. The Hall–Kier alpha value is -3.23. The highest BCUT2D eigenvalue weighted by atomic mass is 16.6. The number of hydrogen-bond acceptors (Lipinski definition) is 7. The number of anilines is 1. The largest absolute Gasteiger partial charge is 0.460 e. The first-order valence-corrected chi connectivity index (χ1v) is 10.8. The molecule has 8 heteroatoms. The first kappa shape index (κ1) is 22.0. The van der Waals surface area contributed by atoms with Crippen LogP contribution < -0.4 is 10.2 Å². The second kappa shape index (κ2) is 9.93. The summed E-state index contributed by atoms with van der Waals surface area (Å²) in [5.41, 5.74) is 4.13. The molecule has 0 aliphatic carbocycles. The third-order valence-electron chi connectivity index (χ3n) is 5.62. The minimum absolute atomic E-state index is 0.141. The van der Waals surface area contributed by atoms with Crippen LogP contribution in [0.5, 0.6) is 0 Å². The van der Waals surface area contributed by atoms with Crippen molar-refractivity contribution in [3.05, 3.63) is 54.4 Å². The average molecular weight is 437 g/mol. The minimum Gasteiger partial charge on any atom is -0.460 e. The molecule has 2 aromatic carbocycles. The molecule has 0 saturated carbocycles. The second-order valence-corrected chi connectivity index (χ2v) is 7.92. The number of methoxy groups -OCH3 is 1. The summed E-state index contributed by atoms with van der Waals surface area (Å²) in [5.74, 6) is -0.201. The van der Waals surface area contributed by atoms with E-state index < -0.39 is 5.97 Å². The van der Waals surface area contributed by atoms with E-state index in [1.54, 1.807) is 32.5 Å². The lowest BCUT2D eigenvalue weighted by molar-refractivity contribution is -0.117. The van der Waals surface area contributed by atoms with E-state index >= 15 is 0 Å². The van der Waals surface area contributed by atoms with Crippen LogP contribution in [0.3, 0.4) is 0 Å². The van der Waals surface area contributed by atoms with Gasteiger partial charge in [-0.2, -0.15) is 0 Å².